The van der Waals surface area contributed by atoms with Crippen molar-refractivity contribution in [1.82, 2.24) is 42.1 Å². The van der Waals surface area contributed by atoms with Gasteiger partial charge in [-0.05, 0) is 71.6 Å². The first-order valence-corrected chi connectivity index (χ1v) is 21.8. The monoisotopic (exact) mass is 945 g/mol. The number of nitrogens with one attached hydrogen (secondary N) is 7. The van der Waals surface area contributed by atoms with E-state index in [1.165, 1.54) is 13.8 Å². The maximum Gasteiger partial charge on any atom is 0.326 e. The maximum atomic E-state index is 13.7. The van der Waals surface area contributed by atoms with Crippen molar-refractivity contribution in [3.05, 3.63) is 0 Å². The van der Waals surface area contributed by atoms with Crippen LogP contribution in [-0.4, -0.2) is 182 Å². The van der Waals surface area contributed by atoms with Crippen LogP contribution in [0.25, 0.3) is 0 Å². The highest BCUT2D eigenvalue weighted by molar-refractivity contribution is 5.98. The molecular weight excluding hydrogens is 873 g/mol. The lowest BCUT2D eigenvalue weighted by Crippen LogP contribution is -2.63. The van der Waals surface area contributed by atoms with Gasteiger partial charge in [-0.2, -0.15) is 0 Å². The first kappa shape index (κ1) is 58.3. The van der Waals surface area contributed by atoms with Gasteiger partial charge in [-0.15, -0.1) is 0 Å². The zero-order valence-electron chi connectivity index (χ0n) is 38.8. The Kier molecular flexibility index (Phi) is 24.5. The lowest BCUT2D eigenvalue weighted by atomic mass is 10.0. The molecule has 0 radical (unpaired) electrons. The number of aliphatic imine (C=N–C) groups is 1. The first-order valence-electron chi connectivity index (χ1n) is 21.8. The number of carboxylic acids is 1. The van der Waals surface area contributed by atoms with Crippen molar-refractivity contribution in [3.63, 3.8) is 0 Å². The standard InChI is InChI=1S/C40H72N12O14/c1-17(2)15-24(32(58)46-23(39(65)66)11-9-13-44-40(42)43)47-36(62)29(21(7)55)51-37(63)30(22(8)56)50-33(59)26-12-10-14-52(26)38(64)25(16-53)48-35(61)28(18(3)4)49-31(57)19(5)45-34(60)27(41)20(6)54/h17-30,53-56H,9-16,41H2,1-8H3,(H,45,60)(H,46,58)(H,47,62)(H,48,61)(H,49,57)(H,50,59)(H,51,63)(H,65,66)(H4,42,43,44)/t19-,20+,21+,22+,23-,24-,25-,26-,27-,28-,29-,30-/m0/s1. The van der Waals surface area contributed by atoms with E-state index in [4.69, 9.17) is 17.2 Å². The molecule has 26 heteroatoms. The number of amides is 8. The highest BCUT2D eigenvalue weighted by Gasteiger charge is 2.41. The highest BCUT2D eigenvalue weighted by atomic mass is 16.4. The topological polar surface area (TPSA) is 433 Å². The number of rotatable bonds is 27. The fraction of sp³-hybridized carbons (Fsp3) is 0.750. The molecule has 26 nitrogen and oxygen atoms in total. The smallest absolute Gasteiger partial charge is 0.326 e. The van der Waals surface area contributed by atoms with Crippen LogP contribution in [0.3, 0.4) is 0 Å². The van der Waals surface area contributed by atoms with Crippen molar-refractivity contribution >= 4 is 59.2 Å². The molecule has 0 aliphatic carbocycles. The largest absolute Gasteiger partial charge is 0.480 e. The van der Waals surface area contributed by atoms with Gasteiger partial charge in [-0.25, -0.2) is 4.79 Å². The second-order valence-corrected chi connectivity index (χ2v) is 17.2. The summed E-state index contributed by atoms with van der Waals surface area (Å²) in [5, 5.41) is 67.3. The van der Waals surface area contributed by atoms with E-state index in [0.717, 1.165) is 18.7 Å². The van der Waals surface area contributed by atoms with Gasteiger partial charge in [0.25, 0.3) is 0 Å². The SMILES string of the molecule is CC(C)C[C@H](NC(=O)[C@@H](NC(=O)[C@@H](NC(=O)[C@@H]1CCCN1C(=O)[C@H](CO)NC(=O)[C@@H](NC(=O)[C@H](C)NC(=O)[C@@H](N)[C@@H](C)O)C(C)C)[C@@H](C)O)[C@@H](C)O)C(=O)N[C@@H](CCCN=C(N)N)C(=O)O. The molecule has 0 aromatic heterocycles. The third kappa shape index (κ3) is 18.7. The highest BCUT2D eigenvalue weighted by Crippen LogP contribution is 2.20. The van der Waals surface area contributed by atoms with Gasteiger partial charge in [-0.1, -0.05) is 27.7 Å². The lowest BCUT2D eigenvalue weighted by Gasteiger charge is -2.31. The molecule has 0 saturated carbocycles. The van der Waals surface area contributed by atoms with Gasteiger partial charge in [-0.3, -0.25) is 43.3 Å². The summed E-state index contributed by atoms with van der Waals surface area (Å²) in [5.74, 6) is -9.73. The number of aliphatic hydroxyl groups is 4. The van der Waals surface area contributed by atoms with Crippen LogP contribution in [0.5, 0.6) is 0 Å². The number of likely N-dealkylation sites (tertiary alicyclic amines) is 1. The molecule has 66 heavy (non-hydrogen) atoms. The Bertz CT molecular complexity index is 1720. The molecular formula is C40H72N12O14. The van der Waals surface area contributed by atoms with Crippen molar-refractivity contribution in [1.29, 1.82) is 0 Å². The number of aliphatic hydroxyl groups excluding tert-OH is 4. The quantitative estimate of drug-likeness (QED) is 0.0207. The van der Waals surface area contributed by atoms with Gasteiger partial charge < -0.3 is 84.9 Å². The third-order valence-electron chi connectivity index (χ3n) is 10.5. The molecule has 1 aliphatic heterocycles. The number of aliphatic carboxylic acids is 1. The summed E-state index contributed by atoms with van der Waals surface area (Å²) in [4.78, 5) is 123. The summed E-state index contributed by atoms with van der Waals surface area (Å²) >= 11 is 0. The van der Waals surface area contributed by atoms with Crippen LogP contribution in [0.2, 0.25) is 0 Å². The van der Waals surface area contributed by atoms with Crippen LogP contribution >= 0.6 is 0 Å². The fourth-order valence-electron chi connectivity index (χ4n) is 6.66. The van der Waals surface area contributed by atoms with Gasteiger partial charge in [0.05, 0.1) is 24.9 Å². The molecule has 1 fully saturated rings. The van der Waals surface area contributed by atoms with Crippen molar-refractivity contribution in [2.45, 2.75) is 160 Å². The second kappa shape index (κ2) is 27.7. The van der Waals surface area contributed by atoms with Crippen LogP contribution < -0.4 is 54.4 Å². The number of guanidine groups is 1. The van der Waals surface area contributed by atoms with E-state index >= 15 is 0 Å². The van der Waals surface area contributed by atoms with E-state index in [2.05, 4.69) is 42.2 Å². The number of nitrogens with two attached hydrogens (primary N) is 3. The predicted molar refractivity (Wildman–Crippen MR) is 236 cm³/mol. The number of carboxylic acid groups (broad SMARTS) is 1. The van der Waals surface area contributed by atoms with Gasteiger partial charge in [0.2, 0.25) is 47.3 Å². The molecule has 1 aliphatic rings. The first-order chi connectivity index (χ1) is 30.6. The van der Waals surface area contributed by atoms with Gasteiger partial charge in [0.15, 0.2) is 5.96 Å². The summed E-state index contributed by atoms with van der Waals surface area (Å²) in [7, 11) is 0. The summed E-state index contributed by atoms with van der Waals surface area (Å²) in [6.07, 6.45) is -3.95. The van der Waals surface area contributed by atoms with Crippen molar-refractivity contribution in [3.8, 4) is 0 Å². The van der Waals surface area contributed by atoms with Crippen molar-refractivity contribution < 1.29 is 68.7 Å². The minimum atomic E-state index is -1.77. The number of nitrogens with zero attached hydrogens (tertiary/aromatic N) is 2. The average molecular weight is 945 g/mol. The minimum absolute atomic E-state index is 0.0133. The Morgan fingerprint density at radius 3 is 1.67 bits per heavy atom. The molecule has 1 heterocycles. The average Bonchev–Trinajstić information content (AvgIpc) is 3.72. The molecule has 376 valence electrons. The predicted octanol–water partition coefficient (Wildman–Crippen LogP) is -6.31. The summed E-state index contributed by atoms with van der Waals surface area (Å²) < 4.78 is 0. The van der Waals surface area contributed by atoms with E-state index in [-0.39, 0.29) is 57.1 Å². The molecule has 0 bridgehead atoms. The van der Waals surface area contributed by atoms with Crippen LogP contribution in [0.1, 0.15) is 87.5 Å². The molecule has 0 spiro atoms. The van der Waals surface area contributed by atoms with Gasteiger partial charge in [0, 0.05) is 13.1 Å². The zero-order chi connectivity index (χ0) is 50.7. The van der Waals surface area contributed by atoms with E-state index in [9.17, 15) is 68.7 Å². The molecule has 0 aromatic carbocycles. The summed E-state index contributed by atoms with van der Waals surface area (Å²) in [6, 6.07) is -12.9. The van der Waals surface area contributed by atoms with E-state index in [1.807, 2.05) is 0 Å². The van der Waals surface area contributed by atoms with E-state index < -0.39 is 138 Å². The molecule has 0 aromatic rings. The van der Waals surface area contributed by atoms with Gasteiger partial charge >= 0.3 is 5.97 Å². The maximum absolute atomic E-state index is 13.7. The summed E-state index contributed by atoms with van der Waals surface area (Å²) in [6.45, 7) is 10.7. The fourth-order valence-corrected chi connectivity index (χ4v) is 6.66. The Balaban J connectivity index is 3.15. The zero-order valence-corrected chi connectivity index (χ0v) is 38.8. The van der Waals surface area contributed by atoms with E-state index in [0.29, 0.717) is 0 Å². The Hall–Kier alpha value is -5.70. The van der Waals surface area contributed by atoms with Crippen LogP contribution in [0, 0.1) is 11.8 Å². The molecule has 12 atom stereocenters. The Labute approximate surface area is 383 Å². The molecule has 1 saturated heterocycles. The van der Waals surface area contributed by atoms with Crippen LogP contribution in [-0.2, 0) is 43.2 Å². The number of hydrogen-bond acceptors (Lipinski definition) is 15. The lowest BCUT2D eigenvalue weighted by molar-refractivity contribution is -0.144. The van der Waals surface area contributed by atoms with Crippen LogP contribution in [0.4, 0.5) is 0 Å². The minimum Gasteiger partial charge on any atom is -0.480 e. The number of hydrogen-bond donors (Lipinski definition) is 15. The molecule has 8 amide bonds. The molecule has 0 unspecified atom stereocenters. The molecule has 18 N–H and O–H groups in total. The van der Waals surface area contributed by atoms with Crippen molar-refractivity contribution in [2.24, 2.45) is 34.0 Å². The number of carbonyl (C=O) groups is 9. The second-order valence-electron chi connectivity index (χ2n) is 17.2. The van der Waals surface area contributed by atoms with E-state index in [1.54, 1.807) is 27.7 Å². The third-order valence-corrected chi connectivity index (χ3v) is 10.5. The van der Waals surface area contributed by atoms with Crippen molar-refractivity contribution in [2.75, 3.05) is 19.7 Å². The molecule has 1 rings (SSSR count). The Morgan fingerprint density at radius 2 is 1.17 bits per heavy atom. The normalized spacial score (nSPS) is 18.7. The Morgan fingerprint density at radius 1 is 0.652 bits per heavy atom. The van der Waals surface area contributed by atoms with Gasteiger partial charge in [0.1, 0.15) is 54.4 Å². The summed E-state index contributed by atoms with van der Waals surface area (Å²) in [5.41, 5.74) is 16.2. The van der Waals surface area contributed by atoms with Crippen LogP contribution in [0.15, 0.2) is 4.99 Å². The number of carbonyl (C=O) groups excluding carboxylic acids is 8.